The van der Waals surface area contributed by atoms with E-state index in [9.17, 15) is 4.39 Å². The molecule has 3 N–H and O–H groups in total. The van der Waals surface area contributed by atoms with Gasteiger partial charge in [-0.15, -0.1) is 0 Å². The first-order valence-electron chi connectivity index (χ1n) is 8.67. The van der Waals surface area contributed by atoms with Gasteiger partial charge in [-0.1, -0.05) is 6.07 Å². The van der Waals surface area contributed by atoms with Crippen molar-refractivity contribution in [3.05, 3.63) is 65.7 Å². The largest absolute Gasteiger partial charge is 0.493 e. The molecule has 29 heavy (non-hydrogen) atoms. The molecule has 0 bridgehead atoms. The van der Waals surface area contributed by atoms with E-state index in [2.05, 4.69) is 16.0 Å². The number of ether oxygens (including phenoxy) is 3. The second-order valence-electron chi connectivity index (χ2n) is 5.63. The highest BCUT2D eigenvalue weighted by Crippen LogP contribution is 2.29. The summed E-state index contributed by atoms with van der Waals surface area (Å²) in [5.74, 6) is 1.66. The molecule has 0 saturated carbocycles. The number of rotatable bonds is 6. The number of amides is 1. The summed E-state index contributed by atoms with van der Waals surface area (Å²) in [5.41, 5.74) is 5.52. The number of nitrogens with one attached hydrogen (secondary N) is 1. The average molecular weight is 403 g/mol. The third-order valence-electron chi connectivity index (χ3n) is 3.66. The lowest BCUT2D eigenvalue weighted by atomic mass is 10.2. The Labute approximate surface area is 170 Å². The van der Waals surface area contributed by atoms with Gasteiger partial charge in [0.25, 0.3) is 0 Å². The Bertz CT molecular complexity index is 861. The number of carbonyl (C=O) groups excluding carboxylic acids is 1. The lowest BCUT2D eigenvalue weighted by molar-refractivity contribution is -0.106. The first-order chi connectivity index (χ1) is 14.0. The molecule has 0 aliphatic carbocycles. The number of aromatic nitrogens is 1. The molecule has 2 rings (SSSR count). The van der Waals surface area contributed by atoms with Crippen molar-refractivity contribution in [2.24, 2.45) is 5.73 Å². The van der Waals surface area contributed by atoms with E-state index in [1.165, 1.54) is 6.07 Å². The van der Waals surface area contributed by atoms with Gasteiger partial charge in [0.05, 0.1) is 14.2 Å². The molecule has 156 valence electrons. The van der Waals surface area contributed by atoms with Crippen molar-refractivity contribution in [1.29, 1.82) is 0 Å². The van der Waals surface area contributed by atoms with Gasteiger partial charge in [0.2, 0.25) is 6.41 Å². The Morgan fingerprint density at radius 2 is 1.69 bits per heavy atom. The van der Waals surface area contributed by atoms with Gasteiger partial charge in [0.1, 0.15) is 17.3 Å². The van der Waals surface area contributed by atoms with Crippen LogP contribution in [0.25, 0.3) is 0 Å². The van der Waals surface area contributed by atoms with Gasteiger partial charge < -0.3 is 25.3 Å². The van der Waals surface area contributed by atoms with Crippen LogP contribution in [0, 0.1) is 12.7 Å². The van der Waals surface area contributed by atoms with E-state index in [1.807, 2.05) is 6.92 Å². The third-order valence-corrected chi connectivity index (χ3v) is 3.66. The predicted molar refractivity (Wildman–Crippen MR) is 109 cm³/mol. The van der Waals surface area contributed by atoms with Crippen LogP contribution in [0.2, 0.25) is 0 Å². The minimum Gasteiger partial charge on any atom is -0.493 e. The highest BCUT2D eigenvalue weighted by atomic mass is 19.1. The number of nitrogens with zero attached hydrogens (tertiary/aromatic N) is 1. The first-order valence-corrected chi connectivity index (χ1v) is 8.67. The lowest BCUT2D eigenvalue weighted by Crippen LogP contribution is -2.06. The lowest BCUT2D eigenvalue weighted by Gasteiger charge is -2.10. The Morgan fingerprint density at radius 3 is 2.24 bits per heavy atom. The molecule has 0 spiro atoms. The minimum absolute atomic E-state index is 0.250. The SMILES string of the molecule is CNCc1ccc(Oc2ccnccc(OC)c(OC)cc2C)cc1F.NC=O. The van der Waals surface area contributed by atoms with Crippen molar-refractivity contribution >= 4 is 6.41 Å². The van der Waals surface area contributed by atoms with E-state index in [4.69, 9.17) is 19.0 Å². The van der Waals surface area contributed by atoms with Crippen molar-refractivity contribution in [2.45, 2.75) is 13.5 Å². The van der Waals surface area contributed by atoms with Crippen LogP contribution in [0.1, 0.15) is 11.1 Å². The van der Waals surface area contributed by atoms with Crippen LogP contribution in [0.4, 0.5) is 4.39 Å². The van der Waals surface area contributed by atoms with Gasteiger partial charge in [-0.2, -0.15) is 0 Å². The van der Waals surface area contributed by atoms with E-state index in [0.29, 0.717) is 35.1 Å². The van der Waals surface area contributed by atoms with Gasteiger partial charge in [0, 0.05) is 36.6 Å². The Kier molecular flexibility index (Phi) is 10.5. The number of hydrogen-bond acceptors (Lipinski definition) is 6. The maximum absolute atomic E-state index is 14.1. The van der Waals surface area contributed by atoms with Crippen LogP contribution in [-0.4, -0.2) is 32.7 Å². The number of primary amides is 1. The number of nitrogens with two attached hydrogens (primary N) is 1. The van der Waals surface area contributed by atoms with Crippen LogP contribution in [0.5, 0.6) is 23.0 Å². The highest BCUT2D eigenvalue weighted by molar-refractivity contribution is 5.43. The molecular formula is C21H26FN3O4. The quantitative estimate of drug-likeness (QED) is 0.719. The molecule has 2 aromatic rings. The molecule has 0 aliphatic rings. The number of aryl methyl sites for hydroxylation is 1. The highest BCUT2D eigenvalue weighted by Gasteiger charge is 2.07. The van der Waals surface area contributed by atoms with Gasteiger partial charge in [-0.3, -0.25) is 9.78 Å². The van der Waals surface area contributed by atoms with Crippen LogP contribution in [0.3, 0.4) is 0 Å². The average Bonchev–Trinajstić information content (AvgIpc) is 2.70. The fourth-order valence-electron chi connectivity index (χ4n) is 2.32. The number of hydrogen-bond donors (Lipinski definition) is 2. The Balaban J connectivity index is 0.00000132. The van der Waals surface area contributed by atoms with E-state index < -0.39 is 0 Å². The third kappa shape index (κ3) is 7.63. The maximum atomic E-state index is 14.1. The maximum Gasteiger partial charge on any atom is 0.204 e. The normalized spacial score (nSPS) is 9.41. The van der Waals surface area contributed by atoms with Crippen molar-refractivity contribution in [3.8, 4) is 23.0 Å². The van der Waals surface area contributed by atoms with Gasteiger partial charge in [0.15, 0.2) is 11.5 Å². The summed E-state index contributed by atoms with van der Waals surface area (Å²) in [6.45, 7) is 2.32. The summed E-state index contributed by atoms with van der Waals surface area (Å²) in [4.78, 5) is 12.7. The standard InChI is InChI=1S/C20H23FN2O3.CH3NO/c1-14-11-20(25-4)19(24-3)8-10-23-9-7-18(14)26-16-6-5-15(13-22-2)17(21)12-16;2-1-3/h5-12,22H,13H2,1-4H3;1H,(H2,2,3). The Hall–Kier alpha value is -3.39. The summed E-state index contributed by atoms with van der Waals surface area (Å²) in [5, 5.41) is 2.93. The fraction of sp³-hybridized carbons (Fsp3) is 0.238. The zero-order valence-corrected chi connectivity index (χ0v) is 16.9. The zero-order valence-electron chi connectivity index (χ0n) is 16.9. The second-order valence-corrected chi connectivity index (χ2v) is 5.63. The molecule has 0 saturated heterocycles. The van der Waals surface area contributed by atoms with E-state index in [-0.39, 0.29) is 12.2 Å². The van der Waals surface area contributed by atoms with Crippen molar-refractivity contribution in [1.82, 2.24) is 10.3 Å². The number of halogens is 1. The number of methoxy groups -OCH3 is 2. The smallest absolute Gasteiger partial charge is 0.204 e. The summed E-state index contributed by atoms with van der Waals surface area (Å²) in [7, 11) is 4.88. The first kappa shape index (κ1) is 23.6. The van der Waals surface area contributed by atoms with Gasteiger partial charge >= 0.3 is 0 Å². The molecule has 1 heterocycles. The van der Waals surface area contributed by atoms with Crippen LogP contribution in [0.15, 0.2) is 48.8 Å². The molecule has 8 heteroatoms. The van der Waals surface area contributed by atoms with Crippen LogP contribution >= 0.6 is 0 Å². The fourth-order valence-corrected chi connectivity index (χ4v) is 2.32. The predicted octanol–water partition coefficient (Wildman–Crippen LogP) is 3.28. The Morgan fingerprint density at radius 1 is 1.07 bits per heavy atom. The van der Waals surface area contributed by atoms with Crippen molar-refractivity contribution in [2.75, 3.05) is 21.3 Å². The summed E-state index contributed by atoms with van der Waals surface area (Å²) in [6, 6.07) is 9.99. The summed E-state index contributed by atoms with van der Waals surface area (Å²) in [6.07, 6.45) is 3.44. The van der Waals surface area contributed by atoms with Crippen molar-refractivity contribution < 1.29 is 23.4 Å². The minimum atomic E-state index is -0.324. The van der Waals surface area contributed by atoms with Gasteiger partial charge in [-0.05, 0) is 37.7 Å². The summed E-state index contributed by atoms with van der Waals surface area (Å²) >= 11 is 0. The molecule has 1 amide bonds. The van der Waals surface area contributed by atoms with E-state index >= 15 is 0 Å². The molecule has 0 atom stereocenters. The van der Waals surface area contributed by atoms with Gasteiger partial charge in [-0.25, -0.2) is 4.39 Å². The topological polar surface area (TPSA) is 95.7 Å². The monoisotopic (exact) mass is 403 g/mol. The molecule has 1 aromatic carbocycles. The summed E-state index contributed by atoms with van der Waals surface area (Å²) < 4.78 is 30.7. The second kappa shape index (κ2) is 12.9. The molecule has 1 aromatic heterocycles. The molecule has 0 aliphatic heterocycles. The van der Waals surface area contributed by atoms with E-state index in [1.54, 1.807) is 64.0 Å². The van der Waals surface area contributed by atoms with Crippen LogP contribution < -0.4 is 25.3 Å². The number of benzene rings is 1. The molecule has 0 fully saturated rings. The molecule has 0 radical (unpaired) electrons. The number of carbonyl (C=O) groups is 1. The molecule has 7 nitrogen and oxygen atoms in total. The van der Waals surface area contributed by atoms with Crippen molar-refractivity contribution in [3.63, 3.8) is 0 Å². The molecular weight excluding hydrogens is 377 g/mol. The molecule has 0 unspecified atom stereocenters. The zero-order chi connectivity index (χ0) is 21.6. The van der Waals surface area contributed by atoms with E-state index in [0.717, 1.165) is 5.56 Å². The van der Waals surface area contributed by atoms with Crippen LogP contribution in [-0.2, 0) is 11.3 Å².